The number of aromatic nitrogens is 3. The van der Waals surface area contributed by atoms with Crippen molar-refractivity contribution in [1.82, 2.24) is 15.0 Å². The van der Waals surface area contributed by atoms with Crippen LogP contribution in [0.15, 0.2) is 48.5 Å². The van der Waals surface area contributed by atoms with Crippen LogP contribution < -0.4 is 9.47 Å². The van der Waals surface area contributed by atoms with Gasteiger partial charge in [0.05, 0.1) is 19.0 Å². The lowest BCUT2D eigenvalue weighted by molar-refractivity contribution is 0.0881. The maximum absolute atomic E-state index is 10.3. The molecule has 3 rings (SSSR count). The molecular weight excluding hydrogens is 573 g/mol. The van der Waals surface area contributed by atoms with Crippen LogP contribution in [0.3, 0.4) is 0 Å². The minimum atomic E-state index is -0.774. The summed E-state index contributed by atoms with van der Waals surface area (Å²) < 4.78 is 13.5. The Bertz CT molecular complexity index is 1040. The number of aliphatic hydroxyl groups excluding tert-OH is 3. The second-order valence-electron chi connectivity index (χ2n) is 8.42. The van der Waals surface area contributed by atoms with Crippen molar-refractivity contribution in [3.63, 3.8) is 0 Å². The lowest BCUT2D eigenvalue weighted by atomic mass is 9.78. The molecule has 0 saturated heterocycles. The Balaban J connectivity index is 1.56. The Morgan fingerprint density at radius 3 is 1.88 bits per heavy atom. The molecule has 2 unspecified atom stereocenters. The average Bonchev–Trinajstić information content (AvgIpc) is 3.20. The molecule has 1 aromatic heterocycles. The zero-order valence-electron chi connectivity index (χ0n) is 19.1. The van der Waals surface area contributed by atoms with Gasteiger partial charge >= 0.3 is 0 Å². The minimum absolute atomic E-state index is 0.104. The summed E-state index contributed by atoms with van der Waals surface area (Å²) in [7, 11) is 0. The van der Waals surface area contributed by atoms with Crippen molar-refractivity contribution in [1.29, 1.82) is 0 Å². The summed E-state index contributed by atoms with van der Waals surface area (Å²) in [6, 6.07) is 15.6. The lowest BCUT2D eigenvalue weighted by Crippen LogP contribution is -2.25. The molecule has 10 heteroatoms. The number of ether oxygens (including phenoxy) is 2. The number of hydrogen-bond donors (Lipinski definition) is 3. The van der Waals surface area contributed by atoms with Gasteiger partial charge in [-0.2, -0.15) is 0 Å². The summed E-state index contributed by atoms with van der Waals surface area (Å²) in [5, 5.41) is 36.8. The van der Waals surface area contributed by atoms with Gasteiger partial charge in [-0.1, -0.05) is 43.3 Å². The summed E-state index contributed by atoms with van der Waals surface area (Å²) in [6.07, 6.45) is -1.46. The molecule has 0 saturated carbocycles. The Morgan fingerprint density at radius 1 is 0.941 bits per heavy atom. The fourth-order valence-electron chi connectivity index (χ4n) is 3.34. The molecule has 0 spiro atoms. The molecule has 1 heterocycles. The van der Waals surface area contributed by atoms with Gasteiger partial charge in [0.1, 0.15) is 46.3 Å². The van der Waals surface area contributed by atoms with Crippen molar-refractivity contribution >= 4 is 34.2 Å². The normalized spacial score (nSPS) is 13.5. The third kappa shape index (κ3) is 6.82. The van der Waals surface area contributed by atoms with E-state index in [1.165, 1.54) is 0 Å². The average molecular weight is 602 g/mol. The minimum Gasteiger partial charge on any atom is -0.491 e. The predicted molar refractivity (Wildman–Crippen MR) is 137 cm³/mol. The van der Waals surface area contributed by atoms with E-state index in [-0.39, 0.29) is 37.7 Å². The van der Waals surface area contributed by atoms with Crippen molar-refractivity contribution in [2.24, 2.45) is 0 Å². The number of hydrogen-bond acceptors (Lipinski definition) is 7. The zero-order chi connectivity index (χ0) is 24.7. The van der Waals surface area contributed by atoms with Crippen LogP contribution in [-0.4, -0.2) is 61.6 Å². The van der Waals surface area contributed by atoms with E-state index in [1.54, 1.807) is 4.68 Å². The molecule has 8 nitrogen and oxygen atoms in total. The molecule has 0 bridgehead atoms. The van der Waals surface area contributed by atoms with Gasteiger partial charge in [0.25, 0.3) is 0 Å². The molecule has 0 radical (unpaired) electrons. The topological polar surface area (TPSA) is 110 Å². The molecule has 2 atom stereocenters. The molecule has 0 aliphatic carbocycles. The fraction of sp³-hybridized carbons (Fsp3) is 0.417. The van der Waals surface area contributed by atoms with Crippen LogP contribution >= 0.6 is 34.2 Å². The molecule has 3 aromatic rings. The van der Waals surface area contributed by atoms with E-state index >= 15 is 0 Å². The molecule has 0 amide bonds. The van der Waals surface area contributed by atoms with Crippen molar-refractivity contribution in [3.05, 3.63) is 69.1 Å². The van der Waals surface area contributed by atoms with Crippen LogP contribution in [0.5, 0.6) is 11.5 Å². The van der Waals surface area contributed by atoms with E-state index in [4.69, 9.17) is 21.1 Å². The molecule has 34 heavy (non-hydrogen) atoms. The smallest absolute Gasteiger partial charge is 0.125 e. The molecule has 0 aliphatic heterocycles. The largest absolute Gasteiger partial charge is 0.491 e. The number of alkyl halides is 1. The van der Waals surface area contributed by atoms with E-state index in [0.717, 1.165) is 11.1 Å². The van der Waals surface area contributed by atoms with E-state index in [1.807, 2.05) is 71.1 Å². The first kappa shape index (κ1) is 26.7. The maximum atomic E-state index is 10.3. The SMILES string of the molecule is CC(C)(c1ccc(OCC(O)CCl)cc1)c1ccc(OCC(O)Cn2nnc(CO)c2I)cc1. The third-order valence-corrected chi connectivity index (χ3v) is 7.02. The maximum Gasteiger partial charge on any atom is 0.125 e. The van der Waals surface area contributed by atoms with Crippen LogP contribution in [-0.2, 0) is 18.6 Å². The monoisotopic (exact) mass is 601 g/mol. The summed E-state index contributed by atoms with van der Waals surface area (Å²) >= 11 is 7.64. The van der Waals surface area contributed by atoms with Gasteiger partial charge in [0, 0.05) is 5.41 Å². The van der Waals surface area contributed by atoms with E-state index in [2.05, 4.69) is 24.2 Å². The highest BCUT2D eigenvalue weighted by molar-refractivity contribution is 14.1. The second kappa shape index (κ2) is 12.2. The van der Waals surface area contributed by atoms with Gasteiger partial charge in [-0.3, -0.25) is 0 Å². The van der Waals surface area contributed by atoms with Crippen LogP contribution in [0.2, 0.25) is 0 Å². The summed E-state index contributed by atoms with van der Waals surface area (Å²) in [5.41, 5.74) is 2.46. The molecule has 0 fully saturated rings. The first-order chi connectivity index (χ1) is 16.2. The Kier molecular flexibility index (Phi) is 9.55. The van der Waals surface area contributed by atoms with Crippen LogP contribution in [0, 0.1) is 3.70 Å². The Labute approximate surface area is 217 Å². The molecule has 3 N–H and O–H groups in total. The number of aliphatic hydroxyl groups is 3. The van der Waals surface area contributed by atoms with Crippen molar-refractivity contribution in [3.8, 4) is 11.5 Å². The van der Waals surface area contributed by atoms with Crippen LogP contribution in [0.1, 0.15) is 30.7 Å². The lowest BCUT2D eigenvalue weighted by Gasteiger charge is -2.26. The van der Waals surface area contributed by atoms with Crippen LogP contribution in [0.4, 0.5) is 0 Å². The van der Waals surface area contributed by atoms with E-state index < -0.39 is 12.2 Å². The van der Waals surface area contributed by atoms with Crippen molar-refractivity contribution in [2.75, 3.05) is 19.1 Å². The van der Waals surface area contributed by atoms with Gasteiger partial charge in [-0.25, -0.2) is 4.68 Å². The second-order valence-corrected chi connectivity index (χ2v) is 9.76. The van der Waals surface area contributed by atoms with Crippen molar-refractivity contribution < 1.29 is 24.8 Å². The Hall–Kier alpha value is -1.92. The van der Waals surface area contributed by atoms with Gasteiger partial charge in [-0.15, -0.1) is 16.7 Å². The number of nitrogens with zero attached hydrogens (tertiary/aromatic N) is 3. The third-order valence-electron chi connectivity index (χ3n) is 5.49. The van der Waals surface area contributed by atoms with Gasteiger partial charge in [0.15, 0.2) is 0 Å². The molecule has 0 aliphatic rings. The number of halogens is 2. The summed E-state index contributed by atoms with van der Waals surface area (Å²) in [6.45, 7) is 4.57. The highest BCUT2D eigenvalue weighted by Crippen LogP contribution is 2.33. The molecule has 184 valence electrons. The first-order valence-electron chi connectivity index (χ1n) is 10.8. The van der Waals surface area contributed by atoms with Crippen molar-refractivity contribution in [2.45, 2.75) is 44.6 Å². The van der Waals surface area contributed by atoms with Gasteiger partial charge in [-0.05, 0) is 58.0 Å². The Morgan fingerprint density at radius 2 is 1.44 bits per heavy atom. The predicted octanol–water partition coefficient (Wildman–Crippen LogP) is 3.12. The molecule has 2 aromatic carbocycles. The van der Waals surface area contributed by atoms with E-state index in [0.29, 0.717) is 20.9 Å². The van der Waals surface area contributed by atoms with E-state index in [9.17, 15) is 15.3 Å². The summed E-state index contributed by atoms with van der Waals surface area (Å²) in [4.78, 5) is 0. The summed E-state index contributed by atoms with van der Waals surface area (Å²) in [5.74, 6) is 1.47. The standard InChI is InChI=1S/C24H29ClIN3O5/c1-24(2,16-3-7-20(8-4-16)33-14-18(31)11-25)17-5-9-21(10-6-17)34-15-19(32)12-29-23(26)22(13-30)27-28-29/h3-10,18-19,30-32H,11-15H2,1-2H3. The highest BCUT2D eigenvalue weighted by atomic mass is 127. The van der Waals surface area contributed by atoms with Crippen LogP contribution in [0.25, 0.3) is 0 Å². The van der Waals surface area contributed by atoms with Gasteiger partial charge in [0.2, 0.25) is 0 Å². The number of benzene rings is 2. The first-order valence-corrected chi connectivity index (χ1v) is 12.4. The number of rotatable bonds is 12. The quantitative estimate of drug-likeness (QED) is 0.216. The highest BCUT2D eigenvalue weighted by Gasteiger charge is 2.23. The zero-order valence-corrected chi connectivity index (χ0v) is 22.0. The van der Waals surface area contributed by atoms with Gasteiger partial charge < -0.3 is 24.8 Å². The molecular formula is C24H29ClIN3O5. The fourth-order valence-corrected chi connectivity index (χ4v) is 4.00.